The molecule has 0 radical (unpaired) electrons. The summed E-state index contributed by atoms with van der Waals surface area (Å²) in [4.78, 5) is 13.4. The molecule has 1 unspecified atom stereocenters. The summed E-state index contributed by atoms with van der Waals surface area (Å²) < 4.78 is 16.0. The highest BCUT2D eigenvalue weighted by Gasteiger charge is 2.27. The van der Waals surface area contributed by atoms with Crippen molar-refractivity contribution in [2.45, 2.75) is 13.0 Å². The van der Waals surface area contributed by atoms with Gasteiger partial charge < -0.3 is 19.9 Å². The number of carbonyl (C=O) groups is 1. The zero-order valence-corrected chi connectivity index (χ0v) is 12.7. The van der Waals surface area contributed by atoms with Gasteiger partial charge in [0.25, 0.3) is 0 Å². The van der Waals surface area contributed by atoms with Gasteiger partial charge in [-0.05, 0) is 19.0 Å². The molecule has 1 aliphatic heterocycles. The molecule has 1 aromatic carbocycles. The predicted octanol–water partition coefficient (Wildman–Crippen LogP) is 1.02. The van der Waals surface area contributed by atoms with Gasteiger partial charge in [0.15, 0.2) is 11.5 Å². The van der Waals surface area contributed by atoms with E-state index in [-0.39, 0.29) is 11.8 Å². The van der Waals surface area contributed by atoms with E-state index in [2.05, 4.69) is 4.90 Å². The highest BCUT2D eigenvalue weighted by atomic mass is 16.5. The van der Waals surface area contributed by atoms with Crippen LogP contribution in [0.3, 0.4) is 0 Å². The number of ether oxygens (including phenoxy) is 3. The summed E-state index contributed by atoms with van der Waals surface area (Å²) in [7, 11) is 4.82. The van der Waals surface area contributed by atoms with Crippen molar-refractivity contribution in [3.8, 4) is 17.2 Å². The quantitative estimate of drug-likeness (QED) is 0.848. The van der Waals surface area contributed by atoms with Gasteiger partial charge in [0.1, 0.15) is 5.75 Å². The zero-order valence-electron chi connectivity index (χ0n) is 12.7. The summed E-state index contributed by atoms with van der Waals surface area (Å²) in [6, 6.07) is 3.73. The van der Waals surface area contributed by atoms with E-state index in [1.165, 1.54) is 0 Å². The number of benzene rings is 1. The van der Waals surface area contributed by atoms with E-state index >= 15 is 0 Å². The number of rotatable bonds is 6. The summed E-state index contributed by atoms with van der Waals surface area (Å²) in [6.45, 7) is 2.23. The average molecular weight is 294 g/mol. The van der Waals surface area contributed by atoms with Crippen molar-refractivity contribution in [2.75, 3.05) is 34.4 Å². The van der Waals surface area contributed by atoms with Gasteiger partial charge in [0.05, 0.1) is 27.2 Å². The van der Waals surface area contributed by atoms with Crippen molar-refractivity contribution in [1.82, 2.24) is 4.90 Å². The highest BCUT2D eigenvalue weighted by Crippen LogP contribution is 2.35. The number of hydrogen-bond donors (Lipinski definition) is 1. The second kappa shape index (κ2) is 6.67. The number of amides is 1. The SMILES string of the molecule is COc1cc(OC)c(OC)cc1CN1CCC(C(N)=O)C1. The minimum Gasteiger partial charge on any atom is -0.496 e. The van der Waals surface area contributed by atoms with Gasteiger partial charge in [0, 0.05) is 24.7 Å². The molecule has 1 atom stereocenters. The Morgan fingerprint density at radius 2 is 1.81 bits per heavy atom. The van der Waals surface area contributed by atoms with E-state index in [0.717, 1.165) is 24.3 Å². The first-order valence-corrected chi connectivity index (χ1v) is 6.89. The van der Waals surface area contributed by atoms with Crippen molar-refractivity contribution in [2.24, 2.45) is 11.7 Å². The van der Waals surface area contributed by atoms with E-state index in [4.69, 9.17) is 19.9 Å². The maximum absolute atomic E-state index is 11.2. The molecule has 21 heavy (non-hydrogen) atoms. The van der Waals surface area contributed by atoms with Gasteiger partial charge in [-0.1, -0.05) is 0 Å². The van der Waals surface area contributed by atoms with Crippen LogP contribution in [0.15, 0.2) is 12.1 Å². The summed E-state index contributed by atoms with van der Waals surface area (Å²) in [5.74, 6) is 1.76. The highest BCUT2D eigenvalue weighted by molar-refractivity contribution is 5.77. The Hall–Kier alpha value is -1.95. The lowest BCUT2D eigenvalue weighted by atomic mass is 10.1. The molecule has 0 bridgehead atoms. The van der Waals surface area contributed by atoms with E-state index in [9.17, 15) is 4.79 Å². The lowest BCUT2D eigenvalue weighted by Gasteiger charge is -2.19. The maximum atomic E-state index is 11.2. The van der Waals surface area contributed by atoms with Crippen LogP contribution in [0.25, 0.3) is 0 Å². The fourth-order valence-corrected chi connectivity index (χ4v) is 2.67. The molecule has 6 nitrogen and oxygen atoms in total. The van der Waals surface area contributed by atoms with Gasteiger partial charge in [-0.15, -0.1) is 0 Å². The molecule has 0 aliphatic carbocycles. The standard InChI is InChI=1S/C15H22N2O4/c1-19-12-7-14(21-3)13(20-2)6-11(12)9-17-5-4-10(8-17)15(16)18/h6-7,10H,4-5,8-9H2,1-3H3,(H2,16,18). The summed E-state index contributed by atoms with van der Waals surface area (Å²) in [6.07, 6.45) is 0.810. The Morgan fingerprint density at radius 3 is 2.33 bits per heavy atom. The first-order chi connectivity index (χ1) is 10.1. The third-order valence-corrected chi connectivity index (χ3v) is 3.86. The van der Waals surface area contributed by atoms with Crippen LogP contribution in [0, 0.1) is 5.92 Å². The third kappa shape index (κ3) is 3.39. The van der Waals surface area contributed by atoms with Crippen LogP contribution < -0.4 is 19.9 Å². The number of primary amides is 1. The average Bonchev–Trinajstić information content (AvgIpc) is 2.95. The van der Waals surface area contributed by atoms with Crippen molar-refractivity contribution >= 4 is 5.91 Å². The fourth-order valence-electron chi connectivity index (χ4n) is 2.67. The summed E-state index contributed by atoms with van der Waals surface area (Å²) in [5.41, 5.74) is 6.37. The number of methoxy groups -OCH3 is 3. The second-order valence-electron chi connectivity index (χ2n) is 5.14. The van der Waals surface area contributed by atoms with Crippen molar-refractivity contribution in [1.29, 1.82) is 0 Å². The van der Waals surface area contributed by atoms with Crippen LogP contribution in [-0.4, -0.2) is 45.2 Å². The number of carbonyl (C=O) groups excluding carboxylic acids is 1. The van der Waals surface area contributed by atoms with Gasteiger partial charge in [-0.25, -0.2) is 0 Å². The minimum absolute atomic E-state index is 0.0591. The zero-order chi connectivity index (χ0) is 15.4. The molecule has 1 heterocycles. The lowest BCUT2D eigenvalue weighted by molar-refractivity contribution is -0.121. The van der Waals surface area contributed by atoms with E-state index in [0.29, 0.717) is 24.6 Å². The lowest BCUT2D eigenvalue weighted by Crippen LogP contribution is -2.27. The molecule has 116 valence electrons. The van der Waals surface area contributed by atoms with Crippen LogP contribution in [-0.2, 0) is 11.3 Å². The molecule has 1 amide bonds. The molecule has 0 saturated carbocycles. The Bertz CT molecular complexity index is 519. The van der Waals surface area contributed by atoms with Crippen molar-refractivity contribution < 1.29 is 19.0 Å². The molecular weight excluding hydrogens is 272 g/mol. The molecule has 1 aromatic rings. The molecule has 2 rings (SSSR count). The smallest absolute Gasteiger partial charge is 0.221 e. The number of hydrogen-bond acceptors (Lipinski definition) is 5. The van der Waals surface area contributed by atoms with Gasteiger partial charge in [-0.3, -0.25) is 9.69 Å². The molecular formula is C15H22N2O4. The van der Waals surface area contributed by atoms with Crippen LogP contribution in [0.5, 0.6) is 17.2 Å². The van der Waals surface area contributed by atoms with E-state index in [1.54, 1.807) is 21.3 Å². The van der Waals surface area contributed by atoms with Gasteiger partial charge in [0.2, 0.25) is 5.91 Å². The summed E-state index contributed by atoms with van der Waals surface area (Å²) in [5, 5.41) is 0. The normalized spacial score (nSPS) is 18.5. The molecule has 1 fully saturated rings. The second-order valence-corrected chi connectivity index (χ2v) is 5.14. The maximum Gasteiger partial charge on any atom is 0.221 e. The molecule has 1 aliphatic rings. The first-order valence-electron chi connectivity index (χ1n) is 6.89. The topological polar surface area (TPSA) is 74.0 Å². The van der Waals surface area contributed by atoms with Gasteiger partial charge in [-0.2, -0.15) is 0 Å². The van der Waals surface area contributed by atoms with Gasteiger partial charge >= 0.3 is 0 Å². The van der Waals surface area contributed by atoms with Crippen LogP contribution in [0.4, 0.5) is 0 Å². The van der Waals surface area contributed by atoms with Crippen LogP contribution in [0.1, 0.15) is 12.0 Å². The Labute approximate surface area is 124 Å². The molecule has 1 saturated heterocycles. The fraction of sp³-hybridized carbons (Fsp3) is 0.533. The Balaban J connectivity index is 2.17. The monoisotopic (exact) mass is 294 g/mol. The number of nitrogens with zero attached hydrogens (tertiary/aromatic N) is 1. The molecule has 0 aromatic heterocycles. The molecule has 0 spiro atoms. The molecule has 2 N–H and O–H groups in total. The van der Waals surface area contributed by atoms with Crippen molar-refractivity contribution in [3.63, 3.8) is 0 Å². The first kappa shape index (κ1) is 15.4. The van der Waals surface area contributed by atoms with E-state index in [1.807, 2.05) is 12.1 Å². The van der Waals surface area contributed by atoms with Crippen molar-refractivity contribution in [3.05, 3.63) is 17.7 Å². The van der Waals surface area contributed by atoms with E-state index < -0.39 is 0 Å². The van der Waals surface area contributed by atoms with Crippen LogP contribution >= 0.6 is 0 Å². The number of nitrogens with two attached hydrogens (primary N) is 1. The largest absolute Gasteiger partial charge is 0.496 e. The minimum atomic E-state index is -0.225. The van der Waals surface area contributed by atoms with Crippen LogP contribution in [0.2, 0.25) is 0 Å². The third-order valence-electron chi connectivity index (χ3n) is 3.86. The molecule has 6 heteroatoms. The Kier molecular flexibility index (Phi) is 4.90. The Morgan fingerprint density at radius 1 is 1.19 bits per heavy atom. The number of likely N-dealkylation sites (tertiary alicyclic amines) is 1. The predicted molar refractivity (Wildman–Crippen MR) is 78.7 cm³/mol. The summed E-state index contributed by atoms with van der Waals surface area (Å²) >= 11 is 0.